The highest BCUT2D eigenvalue weighted by atomic mass is 32.2. The number of aromatic amines is 1. The summed E-state index contributed by atoms with van der Waals surface area (Å²) in [6, 6.07) is 4.76. The molecule has 0 bridgehead atoms. The van der Waals surface area contributed by atoms with Crippen LogP contribution in [-0.2, 0) is 10.0 Å². The van der Waals surface area contributed by atoms with Gasteiger partial charge in [-0.05, 0) is 44.5 Å². The Morgan fingerprint density at radius 2 is 2.09 bits per heavy atom. The van der Waals surface area contributed by atoms with E-state index < -0.39 is 10.0 Å². The second kappa shape index (κ2) is 6.07. The first-order chi connectivity index (χ1) is 10.9. The Hall–Kier alpha value is -1.70. The summed E-state index contributed by atoms with van der Waals surface area (Å²) in [5, 5.41) is 4.17. The quantitative estimate of drug-likeness (QED) is 0.864. The minimum atomic E-state index is -3.66. The van der Waals surface area contributed by atoms with E-state index >= 15 is 0 Å². The molecule has 0 unspecified atom stereocenters. The molecule has 6 nitrogen and oxygen atoms in total. The van der Waals surface area contributed by atoms with Crippen molar-refractivity contribution in [2.75, 3.05) is 19.6 Å². The van der Waals surface area contributed by atoms with Crippen LogP contribution in [0.1, 0.15) is 18.9 Å². The Labute approximate surface area is 135 Å². The molecule has 124 valence electrons. The van der Waals surface area contributed by atoms with Gasteiger partial charge in [-0.15, -0.1) is 0 Å². The Kier molecular flexibility index (Phi) is 4.27. The smallest absolute Gasteiger partial charge is 0.255 e. The number of benzene rings is 1. The number of sulfonamides is 1. The molecule has 3 rings (SSSR count). The molecule has 1 aliphatic rings. The summed E-state index contributed by atoms with van der Waals surface area (Å²) in [4.78, 5) is 14.9. The fourth-order valence-corrected chi connectivity index (χ4v) is 5.09. The Balaban J connectivity index is 2.23. The van der Waals surface area contributed by atoms with Crippen LogP contribution in [0.25, 0.3) is 10.8 Å². The van der Waals surface area contributed by atoms with Crippen molar-refractivity contribution in [3.63, 3.8) is 0 Å². The molecule has 1 aliphatic heterocycles. The van der Waals surface area contributed by atoms with E-state index in [0.29, 0.717) is 23.9 Å². The number of aryl methyl sites for hydroxylation is 1. The van der Waals surface area contributed by atoms with Crippen LogP contribution in [0.3, 0.4) is 0 Å². The molecule has 7 heteroatoms. The van der Waals surface area contributed by atoms with Crippen molar-refractivity contribution < 1.29 is 8.42 Å². The predicted octanol–water partition coefficient (Wildman–Crippen LogP) is 1.21. The van der Waals surface area contributed by atoms with E-state index in [-0.39, 0.29) is 16.5 Å². The maximum absolute atomic E-state index is 13.2. The largest absolute Gasteiger partial charge is 0.328 e. The third-order valence-electron chi connectivity index (χ3n) is 4.34. The molecule has 1 atom stereocenters. The van der Waals surface area contributed by atoms with E-state index in [1.165, 1.54) is 0 Å². The number of rotatable bonds is 2. The molecule has 0 amide bonds. The summed E-state index contributed by atoms with van der Waals surface area (Å²) in [5.74, 6) is 0. The van der Waals surface area contributed by atoms with Gasteiger partial charge in [-0.3, -0.25) is 4.79 Å². The fourth-order valence-electron chi connectivity index (χ4n) is 3.14. The highest BCUT2D eigenvalue weighted by Gasteiger charge is 2.31. The summed E-state index contributed by atoms with van der Waals surface area (Å²) < 4.78 is 28.0. The van der Waals surface area contributed by atoms with E-state index in [4.69, 9.17) is 0 Å². The molecule has 2 aromatic rings. The lowest BCUT2D eigenvalue weighted by Gasteiger charge is -2.26. The summed E-state index contributed by atoms with van der Waals surface area (Å²) in [5.41, 5.74) is 0.479. The maximum Gasteiger partial charge on any atom is 0.255 e. The standard InChI is InChI=1S/C16H21N3O3S/c1-11-9-18-16(20)13-5-3-6-14(15(11)13)23(21,22)19-8-4-7-17-10-12(19)2/h3,5-6,9,12,17H,4,7-8,10H2,1-2H3,(H,18,20)/t12-/m0/s1. The molecule has 2 heterocycles. The summed E-state index contributed by atoms with van der Waals surface area (Å²) >= 11 is 0. The van der Waals surface area contributed by atoms with Crippen LogP contribution in [0.5, 0.6) is 0 Å². The van der Waals surface area contributed by atoms with Crippen LogP contribution in [0.15, 0.2) is 34.1 Å². The first kappa shape index (κ1) is 16.2. The molecule has 1 saturated heterocycles. The predicted molar refractivity (Wildman–Crippen MR) is 90.1 cm³/mol. The second-order valence-electron chi connectivity index (χ2n) is 6.00. The molecule has 2 N–H and O–H groups in total. The molecular formula is C16H21N3O3S. The molecule has 1 aromatic heterocycles. The maximum atomic E-state index is 13.2. The lowest BCUT2D eigenvalue weighted by molar-refractivity contribution is 0.354. The first-order valence-corrected chi connectivity index (χ1v) is 9.20. The van der Waals surface area contributed by atoms with Crippen LogP contribution in [0, 0.1) is 6.92 Å². The van der Waals surface area contributed by atoms with Gasteiger partial charge >= 0.3 is 0 Å². The van der Waals surface area contributed by atoms with Gasteiger partial charge in [0.05, 0.1) is 4.90 Å². The summed E-state index contributed by atoms with van der Waals surface area (Å²) in [6.07, 6.45) is 2.34. The highest BCUT2D eigenvalue weighted by Crippen LogP contribution is 2.28. The van der Waals surface area contributed by atoms with E-state index in [1.807, 2.05) is 13.8 Å². The average Bonchev–Trinajstić information content (AvgIpc) is 2.75. The molecule has 0 radical (unpaired) electrons. The number of hydrogen-bond acceptors (Lipinski definition) is 4. The highest BCUT2D eigenvalue weighted by molar-refractivity contribution is 7.89. The van der Waals surface area contributed by atoms with Crippen molar-refractivity contribution in [2.24, 2.45) is 0 Å². The number of aromatic nitrogens is 1. The molecule has 0 saturated carbocycles. The summed E-state index contributed by atoms with van der Waals surface area (Å²) in [7, 11) is -3.66. The van der Waals surface area contributed by atoms with Gasteiger partial charge in [0, 0.05) is 36.1 Å². The van der Waals surface area contributed by atoms with Crippen LogP contribution in [0.2, 0.25) is 0 Å². The normalized spacial score (nSPS) is 20.5. The van der Waals surface area contributed by atoms with E-state index in [1.54, 1.807) is 28.7 Å². The zero-order valence-electron chi connectivity index (χ0n) is 13.3. The van der Waals surface area contributed by atoms with Crippen molar-refractivity contribution in [1.82, 2.24) is 14.6 Å². The third kappa shape index (κ3) is 2.80. The van der Waals surface area contributed by atoms with Gasteiger partial charge in [0.15, 0.2) is 0 Å². The van der Waals surface area contributed by atoms with Crippen molar-refractivity contribution in [3.05, 3.63) is 40.3 Å². The van der Waals surface area contributed by atoms with Gasteiger partial charge in [-0.2, -0.15) is 4.31 Å². The molecule has 0 spiro atoms. The van der Waals surface area contributed by atoms with E-state index in [2.05, 4.69) is 10.3 Å². The Bertz CT molecular complexity index is 889. The number of nitrogens with one attached hydrogen (secondary N) is 2. The molecular weight excluding hydrogens is 314 g/mol. The van der Waals surface area contributed by atoms with Gasteiger partial charge in [0.25, 0.3) is 5.56 Å². The number of fused-ring (bicyclic) bond motifs is 1. The zero-order chi connectivity index (χ0) is 16.6. The molecule has 1 fully saturated rings. The van der Waals surface area contributed by atoms with Crippen molar-refractivity contribution in [1.29, 1.82) is 0 Å². The molecule has 23 heavy (non-hydrogen) atoms. The van der Waals surface area contributed by atoms with Crippen LogP contribution < -0.4 is 10.9 Å². The topological polar surface area (TPSA) is 82.3 Å². The van der Waals surface area contributed by atoms with Crippen molar-refractivity contribution in [3.8, 4) is 0 Å². The van der Waals surface area contributed by atoms with Gasteiger partial charge in [0.2, 0.25) is 10.0 Å². The molecule has 0 aliphatic carbocycles. The fraction of sp³-hybridized carbons (Fsp3) is 0.438. The number of nitrogens with zero attached hydrogens (tertiary/aromatic N) is 1. The number of pyridine rings is 1. The Morgan fingerprint density at radius 3 is 2.87 bits per heavy atom. The van der Waals surface area contributed by atoms with Crippen molar-refractivity contribution in [2.45, 2.75) is 31.2 Å². The van der Waals surface area contributed by atoms with Gasteiger partial charge in [0.1, 0.15) is 0 Å². The SMILES string of the molecule is Cc1c[nH]c(=O)c2cccc(S(=O)(=O)N3CCCNC[C@@H]3C)c12. The third-order valence-corrected chi connectivity index (χ3v) is 6.39. The van der Waals surface area contributed by atoms with E-state index in [9.17, 15) is 13.2 Å². The minimum Gasteiger partial charge on any atom is -0.328 e. The Morgan fingerprint density at radius 1 is 1.30 bits per heavy atom. The monoisotopic (exact) mass is 335 g/mol. The van der Waals surface area contributed by atoms with E-state index in [0.717, 1.165) is 18.5 Å². The van der Waals surface area contributed by atoms with Gasteiger partial charge < -0.3 is 10.3 Å². The molecule has 1 aromatic carbocycles. The average molecular weight is 335 g/mol. The van der Waals surface area contributed by atoms with Crippen LogP contribution in [0.4, 0.5) is 0 Å². The zero-order valence-corrected chi connectivity index (χ0v) is 14.1. The lowest BCUT2D eigenvalue weighted by Crippen LogP contribution is -2.41. The van der Waals surface area contributed by atoms with Gasteiger partial charge in [-0.1, -0.05) is 6.07 Å². The first-order valence-electron chi connectivity index (χ1n) is 7.76. The summed E-state index contributed by atoms with van der Waals surface area (Å²) in [6.45, 7) is 5.63. The lowest BCUT2D eigenvalue weighted by atomic mass is 10.1. The van der Waals surface area contributed by atoms with Crippen LogP contribution >= 0.6 is 0 Å². The second-order valence-corrected chi connectivity index (χ2v) is 7.86. The van der Waals surface area contributed by atoms with Gasteiger partial charge in [-0.25, -0.2) is 8.42 Å². The minimum absolute atomic E-state index is 0.125. The van der Waals surface area contributed by atoms with Crippen molar-refractivity contribution >= 4 is 20.8 Å². The number of H-pyrrole nitrogens is 1. The van der Waals surface area contributed by atoms with Crippen LogP contribution in [-0.4, -0.2) is 43.4 Å². The number of hydrogen-bond donors (Lipinski definition) is 2.